The lowest BCUT2D eigenvalue weighted by atomic mass is 9.81. The van der Waals surface area contributed by atoms with Crippen LogP contribution in [0.3, 0.4) is 0 Å². The summed E-state index contributed by atoms with van der Waals surface area (Å²) in [5, 5.41) is 3.82. The summed E-state index contributed by atoms with van der Waals surface area (Å²) >= 11 is 3.51. The van der Waals surface area contributed by atoms with Crippen molar-refractivity contribution in [2.45, 2.75) is 31.0 Å². The third-order valence-corrected chi connectivity index (χ3v) is 6.10. The van der Waals surface area contributed by atoms with Crippen molar-refractivity contribution >= 4 is 22.0 Å². The zero-order valence-corrected chi connectivity index (χ0v) is 17.4. The molecular formula is C22H25BrN2O3. The van der Waals surface area contributed by atoms with E-state index in [1.165, 1.54) is 5.56 Å². The number of rotatable bonds is 5. The summed E-state index contributed by atoms with van der Waals surface area (Å²) < 4.78 is 12.1. The fourth-order valence-electron chi connectivity index (χ4n) is 3.93. The van der Waals surface area contributed by atoms with Crippen molar-refractivity contribution in [1.82, 2.24) is 10.2 Å². The third kappa shape index (κ3) is 4.40. The monoisotopic (exact) mass is 444 g/mol. The van der Waals surface area contributed by atoms with Crippen molar-refractivity contribution in [3.8, 4) is 0 Å². The second kappa shape index (κ2) is 8.64. The Labute approximate surface area is 174 Å². The molecular weight excluding hydrogens is 420 g/mol. The maximum atomic E-state index is 12.3. The van der Waals surface area contributed by atoms with E-state index >= 15 is 0 Å². The van der Waals surface area contributed by atoms with E-state index in [9.17, 15) is 4.79 Å². The van der Waals surface area contributed by atoms with Gasteiger partial charge in [0.25, 0.3) is 0 Å². The van der Waals surface area contributed by atoms with Crippen LogP contribution in [0.2, 0.25) is 0 Å². The second-order valence-electron chi connectivity index (χ2n) is 7.49. The molecule has 0 atom stereocenters. The summed E-state index contributed by atoms with van der Waals surface area (Å²) in [4.78, 5) is 14.0. The lowest BCUT2D eigenvalue weighted by molar-refractivity contribution is 0.00918. The number of ether oxygens (including phenoxy) is 2. The van der Waals surface area contributed by atoms with Gasteiger partial charge in [-0.15, -0.1) is 0 Å². The Morgan fingerprint density at radius 1 is 1.11 bits per heavy atom. The number of nitrogens with one attached hydrogen (secondary N) is 1. The van der Waals surface area contributed by atoms with Crippen molar-refractivity contribution in [3.63, 3.8) is 0 Å². The predicted molar refractivity (Wildman–Crippen MR) is 111 cm³/mol. The molecule has 0 aromatic heterocycles. The summed E-state index contributed by atoms with van der Waals surface area (Å²) in [6, 6.07) is 18.6. The van der Waals surface area contributed by atoms with E-state index in [1.54, 1.807) is 4.90 Å². The number of amides is 1. The Morgan fingerprint density at radius 2 is 1.79 bits per heavy atom. The molecule has 0 unspecified atom stereocenters. The van der Waals surface area contributed by atoms with Gasteiger partial charge in [0.1, 0.15) is 6.61 Å². The molecule has 2 aliphatic heterocycles. The minimum atomic E-state index is -0.244. The van der Waals surface area contributed by atoms with Crippen LogP contribution in [-0.2, 0) is 21.6 Å². The standard InChI is InChI=1S/C22H25BrN2O3/c23-19-8-6-18(7-9-19)22(10-12-27-13-11-22)24-20-14-25(15-20)21(26)28-16-17-4-2-1-3-5-17/h1-9,20,24H,10-16H2. The van der Waals surface area contributed by atoms with Crippen LogP contribution in [0.1, 0.15) is 24.0 Å². The van der Waals surface area contributed by atoms with Gasteiger partial charge in [-0.1, -0.05) is 58.4 Å². The molecule has 4 rings (SSSR count). The minimum Gasteiger partial charge on any atom is -0.445 e. The highest BCUT2D eigenvalue weighted by Gasteiger charge is 2.41. The first-order chi connectivity index (χ1) is 13.6. The minimum absolute atomic E-state index is 0.0936. The number of likely N-dealkylation sites (tertiary alicyclic amines) is 1. The summed E-state index contributed by atoms with van der Waals surface area (Å²) in [7, 11) is 0. The Balaban J connectivity index is 1.32. The molecule has 2 fully saturated rings. The van der Waals surface area contributed by atoms with E-state index in [0.29, 0.717) is 19.7 Å². The molecule has 6 heteroatoms. The first kappa shape index (κ1) is 19.4. The number of benzene rings is 2. The molecule has 28 heavy (non-hydrogen) atoms. The van der Waals surface area contributed by atoms with Gasteiger partial charge in [-0.3, -0.25) is 0 Å². The maximum absolute atomic E-state index is 12.3. The van der Waals surface area contributed by atoms with Crippen LogP contribution in [0, 0.1) is 0 Å². The molecule has 1 N–H and O–H groups in total. The van der Waals surface area contributed by atoms with E-state index in [4.69, 9.17) is 9.47 Å². The van der Waals surface area contributed by atoms with Crippen LogP contribution in [0.15, 0.2) is 59.1 Å². The highest BCUT2D eigenvalue weighted by Crippen LogP contribution is 2.34. The Bertz CT molecular complexity index is 785. The van der Waals surface area contributed by atoms with Crippen LogP contribution >= 0.6 is 15.9 Å². The number of carbonyl (C=O) groups is 1. The van der Waals surface area contributed by atoms with E-state index in [-0.39, 0.29) is 17.7 Å². The molecule has 0 bridgehead atoms. The number of hydrogen-bond donors (Lipinski definition) is 1. The summed E-state index contributed by atoms with van der Waals surface area (Å²) in [6.07, 6.45) is 1.62. The average Bonchev–Trinajstić information content (AvgIpc) is 2.70. The molecule has 2 heterocycles. The fraction of sp³-hybridized carbons (Fsp3) is 0.409. The van der Waals surface area contributed by atoms with Gasteiger partial charge in [0, 0.05) is 42.4 Å². The zero-order chi connectivity index (χ0) is 19.4. The van der Waals surface area contributed by atoms with Gasteiger partial charge in [-0.2, -0.15) is 0 Å². The normalized spacial score (nSPS) is 19.1. The molecule has 1 amide bonds. The topological polar surface area (TPSA) is 50.8 Å². The number of hydrogen-bond acceptors (Lipinski definition) is 4. The highest BCUT2D eigenvalue weighted by molar-refractivity contribution is 9.10. The first-order valence-electron chi connectivity index (χ1n) is 9.72. The fourth-order valence-corrected chi connectivity index (χ4v) is 4.19. The molecule has 2 aliphatic rings. The summed E-state index contributed by atoms with van der Waals surface area (Å²) in [5.74, 6) is 0. The molecule has 0 saturated carbocycles. The molecule has 0 aliphatic carbocycles. The molecule has 0 radical (unpaired) electrons. The average molecular weight is 445 g/mol. The smallest absolute Gasteiger partial charge is 0.410 e. The Hall–Kier alpha value is -1.89. The van der Waals surface area contributed by atoms with E-state index in [0.717, 1.165) is 36.1 Å². The predicted octanol–water partition coefficient (Wildman–Crippen LogP) is 4.07. The maximum Gasteiger partial charge on any atom is 0.410 e. The van der Waals surface area contributed by atoms with Crippen molar-refractivity contribution in [2.75, 3.05) is 26.3 Å². The first-order valence-corrected chi connectivity index (χ1v) is 10.5. The van der Waals surface area contributed by atoms with Crippen LogP contribution in [0.5, 0.6) is 0 Å². The van der Waals surface area contributed by atoms with E-state index in [1.807, 2.05) is 30.3 Å². The van der Waals surface area contributed by atoms with Gasteiger partial charge in [0.05, 0.1) is 0 Å². The number of carbonyl (C=O) groups excluding carboxylic acids is 1. The molecule has 2 saturated heterocycles. The molecule has 2 aromatic carbocycles. The second-order valence-corrected chi connectivity index (χ2v) is 8.40. The molecule has 5 nitrogen and oxygen atoms in total. The van der Waals surface area contributed by atoms with Crippen molar-refractivity contribution < 1.29 is 14.3 Å². The SMILES string of the molecule is O=C(OCc1ccccc1)N1CC(NC2(c3ccc(Br)cc3)CCOCC2)C1. The van der Waals surface area contributed by atoms with Gasteiger partial charge >= 0.3 is 6.09 Å². The lowest BCUT2D eigenvalue weighted by Crippen LogP contribution is -2.65. The van der Waals surface area contributed by atoms with Gasteiger partial charge in [0.15, 0.2) is 0 Å². The quantitative estimate of drug-likeness (QED) is 0.754. The third-order valence-electron chi connectivity index (χ3n) is 5.57. The molecule has 0 spiro atoms. The van der Waals surface area contributed by atoms with Crippen molar-refractivity contribution in [1.29, 1.82) is 0 Å². The van der Waals surface area contributed by atoms with Gasteiger partial charge in [-0.25, -0.2) is 4.79 Å². The van der Waals surface area contributed by atoms with Crippen LogP contribution < -0.4 is 5.32 Å². The van der Waals surface area contributed by atoms with Crippen LogP contribution in [0.25, 0.3) is 0 Å². The Morgan fingerprint density at radius 3 is 2.46 bits per heavy atom. The van der Waals surface area contributed by atoms with Gasteiger partial charge in [-0.05, 0) is 36.1 Å². The van der Waals surface area contributed by atoms with E-state index < -0.39 is 0 Å². The highest BCUT2D eigenvalue weighted by atomic mass is 79.9. The number of halogens is 1. The number of nitrogens with zero attached hydrogens (tertiary/aromatic N) is 1. The summed E-state index contributed by atoms with van der Waals surface area (Å²) in [5.41, 5.74) is 2.19. The molecule has 2 aromatic rings. The zero-order valence-electron chi connectivity index (χ0n) is 15.8. The van der Waals surface area contributed by atoms with E-state index in [2.05, 4.69) is 45.5 Å². The van der Waals surface area contributed by atoms with Crippen LogP contribution in [0.4, 0.5) is 4.79 Å². The Kier molecular flexibility index (Phi) is 5.99. The lowest BCUT2D eigenvalue weighted by Gasteiger charge is -2.47. The van der Waals surface area contributed by atoms with Gasteiger partial charge < -0.3 is 19.7 Å². The summed E-state index contributed by atoms with van der Waals surface area (Å²) in [6.45, 7) is 3.16. The van der Waals surface area contributed by atoms with Gasteiger partial charge in [0.2, 0.25) is 0 Å². The van der Waals surface area contributed by atoms with Crippen molar-refractivity contribution in [2.24, 2.45) is 0 Å². The van der Waals surface area contributed by atoms with Crippen molar-refractivity contribution in [3.05, 3.63) is 70.2 Å². The largest absolute Gasteiger partial charge is 0.445 e. The van der Waals surface area contributed by atoms with Crippen LogP contribution in [-0.4, -0.2) is 43.3 Å². The molecule has 148 valence electrons.